The maximum absolute atomic E-state index is 12.1. The first kappa shape index (κ1) is 13.5. The third-order valence-corrected chi connectivity index (χ3v) is 2.97. The number of aliphatic hydroxyl groups excluding tert-OH is 1. The van der Waals surface area contributed by atoms with Crippen LogP contribution in [0.4, 0.5) is 0 Å². The molecular formula is C12H24N2O2. The van der Waals surface area contributed by atoms with Crippen LogP contribution in [0.5, 0.6) is 0 Å². The predicted molar refractivity (Wildman–Crippen MR) is 64.2 cm³/mol. The number of likely N-dealkylation sites (tertiary alicyclic amines) is 1. The number of aliphatic hydroxyl groups is 1. The predicted octanol–water partition coefficient (Wildman–Crippen LogP) is 0.746. The van der Waals surface area contributed by atoms with Crippen LogP contribution < -0.4 is 5.32 Å². The molecule has 2 unspecified atom stereocenters. The van der Waals surface area contributed by atoms with Gasteiger partial charge in [-0.1, -0.05) is 20.8 Å². The van der Waals surface area contributed by atoms with E-state index >= 15 is 0 Å². The first-order valence-corrected chi connectivity index (χ1v) is 6.27. The van der Waals surface area contributed by atoms with Crippen LogP contribution in [-0.4, -0.2) is 47.2 Å². The maximum Gasteiger partial charge on any atom is 0.239 e. The van der Waals surface area contributed by atoms with Gasteiger partial charge in [-0.2, -0.15) is 0 Å². The minimum absolute atomic E-state index is 0.0576. The van der Waals surface area contributed by atoms with Crippen molar-refractivity contribution in [3.8, 4) is 0 Å². The molecule has 0 saturated carbocycles. The van der Waals surface area contributed by atoms with Crippen LogP contribution in [-0.2, 0) is 4.79 Å². The second-order valence-electron chi connectivity index (χ2n) is 4.86. The molecule has 4 nitrogen and oxygen atoms in total. The third-order valence-electron chi connectivity index (χ3n) is 2.97. The average Bonchev–Trinajstić information content (AvgIpc) is 2.23. The Balaban J connectivity index is 2.50. The minimum atomic E-state index is -0.387. The van der Waals surface area contributed by atoms with E-state index in [9.17, 15) is 9.90 Å². The Morgan fingerprint density at radius 3 is 2.81 bits per heavy atom. The number of amides is 1. The molecule has 0 aromatic heterocycles. The smallest absolute Gasteiger partial charge is 0.239 e. The van der Waals surface area contributed by atoms with Gasteiger partial charge in [0.25, 0.3) is 0 Å². The first-order valence-electron chi connectivity index (χ1n) is 6.27. The van der Waals surface area contributed by atoms with Crippen molar-refractivity contribution in [2.24, 2.45) is 0 Å². The fourth-order valence-electron chi connectivity index (χ4n) is 2.06. The molecule has 1 aliphatic heterocycles. The molecule has 94 valence electrons. The summed E-state index contributed by atoms with van der Waals surface area (Å²) in [5.74, 6) is 0.146. The van der Waals surface area contributed by atoms with Crippen molar-refractivity contribution >= 4 is 5.91 Å². The number of piperidine rings is 1. The van der Waals surface area contributed by atoms with Crippen LogP contribution in [0.1, 0.15) is 40.0 Å². The highest BCUT2D eigenvalue weighted by atomic mass is 16.3. The van der Waals surface area contributed by atoms with E-state index in [1.165, 1.54) is 0 Å². The molecule has 1 fully saturated rings. The minimum Gasteiger partial charge on any atom is -0.391 e. The van der Waals surface area contributed by atoms with Crippen LogP contribution in [0.3, 0.4) is 0 Å². The van der Waals surface area contributed by atoms with Crippen molar-refractivity contribution < 1.29 is 9.90 Å². The van der Waals surface area contributed by atoms with Crippen LogP contribution in [0.2, 0.25) is 0 Å². The first-order chi connectivity index (χ1) is 7.54. The SMILES string of the molecule is CCC(O)CN1CCCC(NC(C)C)C1=O. The Kier molecular flexibility index (Phi) is 5.22. The number of hydrogen-bond acceptors (Lipinski definition) is 3. The molecule has 4 heteroatoms. The lowest BCUT2D eigenvalue weighted by molar-refractivity contribution is -0.137. The number of carbonyl (C=O) groups is 1. The zero-order valence-electron chi connectivity index (χ0n) is 10.6. The zero-order chi connectivity index (χ0) is 12.1. The molecule has 1 heterocycles. The molecule has 0 spiro atoms. The molecule has 1 amide bonds. The van der Waals surface area contributed by atoms with Gasteiger partial charge in [-0.3, -0.25) is 4.79 Å². The summed E-state index contributed by atoms with van der Waals surface area (Å²) in [6, 6.07) is 0.266. The molecule has 1 saturated heterocycles. The van der Waals surface area contributed by atoms with Gasteiger partial charge in [0.1, 0.15) is 0 Å². The fraction of sp³-hybridized carbons (Fsp3) is 0.917. The largest absolute Gasteiger partial charge is 0.391 e. The molecule has 1 aliphatic rings. The van der Waals surface area contributed by atoms with E-state index in [2.05, 4.69) is 5.32 Å². The molecule has 1 rings (SSSR count). The van der Waals surface area contributed by atoms with E-state index in [0.29, 0.717) is 19.0 Å². The van der Waals surface area contributed by atoms with Crippen molar-refractivity contribution in [2.45, 2.75) is 58.2 Å². The Morgan fingerprint density at radius 1 is 1.56 bits per heavy atom. The van der Waals surface area contributed by atoms with Gasteiger partial charge in [0, 0.05) is 19.1 Å². The van der Waals surface area contributed by atoms with E-state index < -0.39 is 0 Å². The van der Waals surface area contributed by atoms with Gasteiger partial charge in [-0.05, 0) is 19.3 Å². The maximum atomic E-state index is 12.1. The van der Waals surface area contributed by atoms with Crippen LogP contribution in [0.15, 0.2) is 0 Å². The van der Waals surface area contributed by atoms with Gasteiger partial charge in [-0.25, -0.2) is 0 Å². The van der Waals surface area contributed by atoms with E-state index in [0.717, 1.165) is 19.4 Å². The average molecular weight is 228 g/mol. The normalized spacial score (nSPS) is 23.9. The van der Waals surface area contributed by atoms with E-state index in [-0.39, 0.29) is 18.1 Å². The van der Waals surface area contributed by atoms with Gasteiger partial charge in [0.05, 0.1) is 12.1 Å². The molecule has 16 heavy (non-hydrogen) atoms. The summed E-state index contributed by atoms with van der Waals surface area (Å²) in [5, 5.41) is 12.9. The Labute approximate surface area is 98.0 Å². The summed E-state index contributed by atoms with van der Waals surface area (Å²) >= 11 is 0. The number of β-amino-alcohol motifs (C(OH)–C–C–N with tert-alkyl or cyclic N) is 1. The summed E-state index contributed by atoms with van der Waals surface area (Å²) in [6.07, 6.45) is 2.25. The Morgan fingerprint density at radius 2 is 2.25 bits per heavy atom. The third kappa shape index (κ3) is 3.76. The second-order valence-corrected chi connectivity index (χ2v) is 4.86. The fourth-order valence-corrected chi connectivity index (χ4v) is 2.06. The molecule has 2 atom stereocenters. The summed E-state index contributed by atoms with van der Waals surface area (Å²) in [7, 11) is 0. The molecule has 0 bridgehead atoms. The van der Waals surface area contributed by atoms with Crippen LogP contribution >= 0.6 is 0 Å². The number of hydrogen-bond donors (Lipinski definition) is 2. The van der Waals surface area contributed by atoms with Crippen molar-refractivity contribution in [1.29, 1.82) is 0 Å². The van der Waals surface area contributed by atoms with Gasteiger partial charge in [0.15, 0.2) is 0 Å². The molecule has 0 aromatic rings. The summed E-state index contributed by atoms with van der Waals surface area (Å²) in [6.45, 7) is 7.29. The lowest BCUT2D eigenvalue weighted by atomic mass is 10.0. The van der Waals surface area contributed by atoms with Crippen molar-refractivity contribution in [3.63, 3.8) is 0 Å². The Hall–Kier alpha value is -0.610. The van der Waals surface area contributed by atoms with E-state index in [1.54, 1.807) is 4.90 Å². The highest BCUT2D eigenvalue weighted by molar-refractivity contribution is 5.82. The van der Waals surface area contributed by atoms with E-state index in [1.807, 2.05) is 20.8 Å². The van der Waals surface area contributed by atoms with Gasteiger partial charge in [-0.15, -0.1) is 0 Å². The highest BCUT2D eigenvalue weighted by Crippen LogP contribution is 2.13. The molecular weight excluding hydrogens is 204 g/mol. The molecule has 2 N–H and O–H groups in total. The van der Waals surface area contributed by atoms with Gasteiger partial charge < -0.3 is 15.3 Å². The standard InChI is InChI=1S/C12H24N2O2/c1-4-10(15)8-14-7-5-6-11(12(14)16)13-9(2)3/h9-11,13,15H,4-8H2,1-3H3. The van der Waals surface area contributed by atoms with Crippen molar-refractivity contribution in [3.05, 3.63) is 0 Å². The topological polar surface area (TPSA) is 52.6 Å². The van der Waals surface area contributed by atoms with Crippen LogP contribution in [0, 0.1) is 0 Å². The number of carbonyl (C=O) groups excluding carboxylic acids is 1. The highest BCUT2D eigenvalue weighted by Gasteiger charge is 2.29. The molecule has 0 aliphatic carbocycles. The van der Waals surface area contributed by atoms with E-state index in [4.69, 9.17) is 0 Å². The second kappa shape index (κ2) is 6.21. The molecule has 0 radical (unpaired) electrons. The van der Waals surface area contributed by atoms with Crippen LogP contribution in [0.25, 0.3) is 0 Å². The lowest BCUT2D eigenvalue weighted by Gasteiger charge is -2.34. The zero-order valence-corrected chi connectivity index (χ0v) is 10.6. The number of nitrogens with one attached hydrogen (secondary N) is 1. The molecule has 0 aromatic carbocycles. The van der Waals surface area contributed by atoms with Gasteiger partial charge >= 0.3 is 0 Å². The summed E-state index contributed by atoms with van der Waals surface area (Å²) < 4.78 is 0. The Bertz CT molecular complexity index is 231. The summed E-state index contributed by atoms with van der Waals surface area (Å²) in [5.41, 5.74) is 0. The quantitative estimate of drug-likeness (QED) is 0.730. The monoisotopic (exact) mass is 228 g/mol. The van der Waals surface area contributed by atoms with Gasteiger partial charge in [0.2, 0.25) is 5.91 Å². The number of nitrogens with zero attached hydrogens (tertiary/aromatic N) is 1. The number of rotatable bonds is 5. The lowest BCUT2D eigenvalue weighted by Crippen LogP contribution is -2.53. The summed E-state index contributed by atoms with van der Waals surface area (Å²) in [4.78, 5) is 13.9. The van der Waals surface area contributed by atoms with Crippen molar-refractivity contribution in [1.82, 2.24) is 10.2 Å². The van der Waals surface area contributed by atoms with Crippen molar-refractivity contribution in [2.75, 3.05) is 13.1 Å².